The molecule has 1 aromatic rings. The largest absolute Gasteiger partial charge is 0.486 e. The van der Waals surface area contributed by atoms with E-state index in [0.717, 1.165) is 4.90 Å². The maximum Gasteiger partial charge on any atom is 0.278 e. The van der Waals surface area contributed by atoms with Crippen molar-refractivity contribution in [3.05, 3.63) is 18.2 Å². The minimum atomic E-state index is -3.59. The molecule has 0 aliphatic carbocycles. The summed E-state index contributed by atoms with van der Waals surface area (Å²) in [5.41, 5.74) is 0. The van der Waals surface area contributed by atoms with Crippen LogP contribution >= 0.6 is 0 Å². The highest BCUT2D eigenvalue weighted by atomic mass is 32.2. The average Bonchev–Trinajstić information content (AvgIpc) is 2.67. The zero-order valence-electron chi connectivity index (χ0n) is 15.2. The van der Waals surface area contributed by atoms with Crippen LogP contribution in [0.5, 0.6) is 11.5 Å². The SMILES string of the molecule is CCNC(=O)[C@H](C)[NH+]1CCN(S(=O)(=O)c2ccc3c(c2)OCCO3)CC1. The lowest BCUT2D eigenvalue weighted by molar-refractivity contribution is -0.917. The van der Waals surface area contributed by atoms with Crippen molar-refractivity contribution < 1.29 is 27.6 Å². The number of piperazine rings is 1. The van der Waals surface area contributed by atoms with Crippen LogP contribution in [0.25, 0.3) is 0 Å². The summed E-state index contributed by atoms with van der Waals surface area (Å²) in [6, 6.07) is 4.54. The van der Waals surface area contributed by atoms with Gasteiger partial charge in [0.2, 0.25) is 10.0 Å². The highest BCUT2D eigenvalue weighted by Crippen LogP contribution is 2.33. The van der Waals surface area contributed by atoms with Gasteiger partial charge in [0.15, 0.2) is 17.5 Å². The third-order valence-corrected chi connectivity index (χ3v) is 6.77. The Morgan fingerprint density at radius 2 is 1.88 bits per heavy atom. The van der Waals surface area contributed by atoms with Crippen molar-refractivity contribution >= 4 is 15.9 Å². The quantitative estimate of drug-likeness (QED) is 0.671. The molecule has 0 unspecified atom stereocenters. The Morgan fingerprint density at radius 3 is 2.54 bits per heavy atom. The lowest BCUT2D eigenvalue weighted by Crippen LogP contribution is -3.19. The second-order valence-corrected chi connectivity index (χ2v) is 8.42. The number of rotatable bonds is 5. The average molecular weight is 384 g/mol. The van der Waals surface area contributed by atoms with Crippen LogP contribution in [0.1, 0.15) is 13.8 Å². The fraction of sp³-hybridized carbons (Fsp3) is 0.588. The predicted octanol–water partition coefficient (Wildman–Crippen LogP) is -1.13. The Morgan fingerprint density at radius 1 is 1.23 bits per heavy atom. The zero-order valence-corrected chi connectivity index (χ0v) is 16.0. The zero-order chi connectivity index (χ0) is 18.7. The molecule has 3 rings (SSSR count). The second-order valence-electron chi connectivity index (χ2n) is 6.48. The van der Waals surface area contributed by atoms with Crippen molar-refractivity contribution in [1.29, 1.82) is 0 Å². The van der Waals surface area contributed by atoms with Gasteiger partial charge in [-0.25, -0.2) is 8.42 Å². The molecular formula is C17H26N3O5S+. The van der Waals surface area contributed by atoms with Crippen LogP contribution in [0.4, 0.5) is 0 Å². The number of amides is 1. The van der Waals surface area contributed by atoms with Crippen molar-refractivity contribution in [2.75, 3.05) is 45.9 Å². The van der Waals surface area contributed by atoms with Gasteiger partial charge in [0.25, 0.3) is 5.91 Å². The molecule has 0 spiro atoms. The second kappa shape index (κ2) is 7.81. The molecule has 1 saturated heterocycles. The first-order valence-corrected chi connectivity index (χ1v) is 10.4. The summed E-state index contributed by atoms with van der Waals surface area (Å²) in [6.45, 7) is 7.21. The summed E-state index contributed by atoms with van der Waals surface area (Å²) in [5, 5.41) is 2.82. The van der Waals surface area contributed by atoms with Gasteiger partial charge in [0.1, 0.15) is 13.2 Å². The van der Waals surface area contributed by atoms with Gasteiger partial charge in [0, 0.05) is 12.6 Å². The van der Waals surface area contributed by atoms with E-state index >= 15 is 0 Å². The van der Waals surface area contributed by atoms with Crippen LogP contribution in [0, 0.1) is 0 Å². The molecule has 9 heteroatoms. The summed E-state index contributed by atoms with van der Waals surface area (Å²) in [5.74, 6) is 1.04. The molecule has 8 nitrogen and oxygen atoms in total. The van der Waals surface area contributed by atoms with E-state index in [4.69, 9.17) is 9.47 Å². The number of nitrogens with one attached hydrogen (secondary N) is 2. The molecule has 0 saturated carbocycles. The highest BCUT2D eigenvalue weighted by Gasteiger charge is 2.34. The van der Waals surface area contributed by atoms with Crippen molar-refractivity contribution in [2.24, 2.45) is 0 Å². The molecule has 2 heterocycles. The maximum absolute atomic E-state index is 12.9. The van der Waals surface area contributed by atoms with Crippen LogP contribution in [-0.4, -0.2) is 70.6 Å². The van der Waals surface area contributed by atoms with E-state index in [1.165, 1.54) is 10.4 Å². The Hall–Kier alpha value is -1.84. The first-order valence-electron chi connectivity index (χ1n) is 8.95. The molecule has 1 atom stereocenters. The van der Waals surface area contributed by atoms with Crippen molar-refractivity contribution in [1.82, 2.24) is 9.62 Å². The highest BCUT2D eigenvalue weighted by molar-refractivity contribution is 7.89. The number of sulfonamides is 1. The van der Waals surface area contributed by atoms with Crippen LogP contribution < -0.4 is 19.7 Å². The summed E-state index contributed by atoms with van der Waals surface area (Å²) < 4.78 is 38.3. The van der Waals surface area contributed by atoms with Gasteiger partial charge in [0.05, 0.1) is 31.1 Å². The van der Waals surface area contributed by atoms with Gasteiger partial charge in [-0.1, -0.05) is 0 Å². The van der Waals surface area contributed by atoms with Crippen LogP contribution in [0.3, 0.4) is 0 Å². The third-order valence-electron chi connectivity index (χ3n) is 4.87. The minimum absolute atomic E-state index is 0.00523. The maximum atomic E-state index is 12.9. The van der Waals surface area contributed by atoms with Crippen LogP contribution in [-0.2, 0) is 14.8 Å². The monoisotopic (exact) mass is 384 g/mol. The molecule has 0 aromatic heterocycles. The first kappa shape index (κ1) is 18.9. The molecule has 2 aliphatic rings. The first-order chi connectivity index (χ1) is 12.4. The van der Waals surface area contributed by atoms with Crippen molar-refractivity contribution in [3.8, 4) is 11.5 Å². The number of carbonyl (C=O) groups excluding carboxylic acids is 1. The Bertz CT molecular complexity index is 760. The molecule has 1 fully saturated rings. The van der Waals surface area contributed by atoms with Crippen LogP contribution in [0.15, 0.2) is 23.1 Å². The number of hydrogen-bond acceptors (Lipinski definition) is 5. The molecule has 1 aromatic carbocycles. The lowest BCUT2D eigenvalue weighted by atomic mass is 10.2. The van der Waals surface area contributed by atoms with E-state index in [1.54, 1.807) is 12.1 Å². The van der Waals surface area contributed by atoms with Crippen LogP contribution in [0.2, 0.25) is 0 Å². The molecule has 144 valence electrons. The van der Waals surface area contributed by atoms with Gasteiger partial charge in [-0.2, -0.15) is 4.31 Å². The number of hydrogen-bond donors (Lipinski definition) is 2. The van der Waals surface area contributed by atoms with Gasteiger partial charge >= 0.3 is 0 Å². The summed E-state index contributed by atoms with van der Waals surface area (Å²) in [7, 11) is -3.59. The topological polar surface area (TPSA) is 89.4 Å². The van der Waals surface area contributed by atoms with E-state index in [-0.39, 0.29) is 16.8 Å². The van der Waals surface area contributed by atoms with E-state index in [1.807, 2.05) is 13.8 Å². The molecule has 2 N–H and O–H groups in total. The van der Waals surface area contributed by atoms with E-state index < -0.39 is 10.0 Å². The smallest absolute Gasteiger partial charge is 0.278 e. The fourth-order valence-corrected chi connectivity index (χ4v) is 4.75. The van der Waals surface area contributed by atoms with Gasteiger partial charge in [-0.05, 0) is 26.0 Å². The predicted molar refractivity (Wildman–Crippen MR) is 95.0 cm³/mol. The Balaban J connectivity index is 1.67. The lowest BCUT2D eigenvalue weighted by Gasteiger charge is -2.34. The number of ether oxygens (including phenoxy) is 2. The fourth-order valence-electron chi connectivity index (χ4n) is 3.29. The standard InChI is InChI=1S/C17H25N3O5S/c1-3-18-17(21)13(2)19-6-8-20(9-7-19)26(22,23)14-4-5-15-16(12-14)25-11-10-24-15/h4-5,12-13H,3,6-11H2,1-2H3,(H,18,21)/p+1/t13-/m0/s1. The molecule has 0 bridgehead atoms. The van der Waals surface area contributed by atoms with Crippen molar-refractivity contribution in [2.45, 2.75) is 24.8 Å². The van der Waals surface area contributed by atoms with E-state index in [2.05, 4.69) is 5.32 Å². The number of benzene rings is 1. The molecule has 1 amide bonds. The van der Waals surface area contributed by atoms with Gasteiger partial charge in [-0.3, -0.25) is 4.79 Å². The van der Waals surface area contributed by atoms with Gasteiger partial charge < -0.3 is 19.7 Å². The molecule has 2 aliphatic heterocycles. The summed E-state index contributed by atoms with van der Waals surface area (Å²) >= 11 is 0. The molecular weight excluding hydrogens is 358 g/mol. The molecule has 26 heavy (non-hydrogen) atoms. The number of quaternary nitrogens is 1. The van der Waals surface area contributed by atoms with E-state index in [9.17, 15) is 13.2 Å². The number of nitrogens with zero attached hydrogens (tertiary/aromatic N) is 1. The number of likely N-dealkylation sites (N-methyl/N-ethyl adjacent to an activating group) is 1. The normalized spacial score (nSPS) is 19.8. The number of fused-ring (bicyclic) bond motifs is 1. The van der Waals surface area contributed by atoms with Crippen molar-refractivity contribution in [3.63, 3.8) is 0 Å². The summed E-state index contributed by atoms with van der Waals surface area (Å²) in [4.78, 5) is 13.3. The Kier molecular flexibility index (Phi) is 5.69. The Labute approximate surface area is 154 Å². The van der Waals surface area contributed by atoms with Gasteiger partial charge in [-0.15, -0.1) is 0 Å². The minimum Gasteiger partial charge on any atom is -0.486 e. The van der Waals surface area contributed by atoms with E-state index in [0.29, 0.717) is 57.4 Å². The number of carbonyl (C=O) groups is 1. The summed E-state index contributed by atoms with van der Waals surface area (Å²) in [6.07, 6.45) is 0. The molecule has 0 radical (unpaired) electrons. The third kappa shape index (κ3) is 3.79.